The predicted molar refractivity (Wildman–Crippen MR) is 86.9 cm³/mol. The van der Waals surface area contributed by atoms with Crippen LogP contribution in [0.1, 0.15) is 33.1 Å². The van der Waals surface area contributed by atoms with Crippen molar-refractivity contribution in [1.82, 2.24) is 4.72 Å². The third-order valence-corrected chi connectivity index (χ3v) is 6.26. The normalized spacial score (nSPS) is 18.1. The van der Waals surface area contributed by atoms with E-state index in [0.29, 0.717) is 11.1 Å². The zero-order valence-electron chi connectivity index (χ0n) is 13.0. The number of benzene rings is 1. The van der Waals surface area contributed by atoms with Gasteiger partial charge in [0.15, 0.2) is 0 Å². The van der Waals surface area contributed by atoms with E-state index in [9.17, 15) is 8.42 Å². The number of hydrogen-bond acceptors (Lipinski definition) is 4. The molecule has 1 aliphatic rings. The first-order valence-corrected chi connectivity index (χ1v) is 8.94. The molecule has 2 rings (SSSR count). The predicted octanol–water partition coefficient (Wildman–Crippen LogP) is 2.19. The summed E-state index contributed by atoms with van der Waals surface area (Å²) in [6.45, 7) is 6.20. The van der Waals surface area contributed by atoms with Crippen LogP contribution >= 0.6 is 0 Å². The van der Waals surface area contributed by atoms with Gasteiger partial charge < -0.3 is 10.6 Å². The van der Waals surface area contributed by atoms with Crippen LogP contribution in [0.25, 0.3) is 0 Å². The first-order valence-electron chi connectivity index (χ1n) is 7.45. The van der Waals surface area contributed by atoms with Gasteiger partial charge in [0.05, 0.1) is 5.69 Å². The summed E-state index contributed by atoms with van der Waals surface area (Å²) in [5, 5.41) is 0. The molecule has 1 aromatic carbocycles. The van der Waals surface area contributed by atoms with E-state index in [4.69, 9.17) is 5.73 Å². The number of sulfonamides is 1. The molecule has 118 valence electrons. The monoisotopic (exact) mass is 311 g/mol. The fourth-order valence-corrected chi connectivity index (χ4v) is 4.07. The molecule has 0 atom stereocenters. The summed E-state index contributed by atoms with van der Waals surface area (Å²) in [6, 6.07) is 5.13. The lowest BCUT2D eigenvalue weighted by Gasteiger charge is -2.28. The molecule has 1 heterocycles. The number of nitrogen functional groups attached to an aromatic ring is 1. The quantitative estimate of drug-likeness (QED) is 0.817. The summed E-state index contributed by atoms with van der Waals surface area (Å²) in [5.41, 5.74) is 7.28. The van der Waals surface area contributed by atoms with Crippen molar-refractivity contribution in [2.45, 2.75) is 38.0 Å². The average Bonchev–Trinajstić information content (AvgIpc) is 2.92. The van der Waals surface area contributed by atoms with Crippen LogP contribution in [-0.4, -0.2) is 28.6 Å². The van der Waals surface area contributed by atoms with E-state index in [1.807, 2.05) is 6.07 Å². The first kappa shape index (κ1) is 16.1. The van der Waals surface area contributed by atoms with E-state index in [-0.39, 0.29) is 4.90 Å². The Bertz CT molecular complexity index is 609. The second kappa shape index (κ2) is 5.85. The van der Waals surface area contributed by atoms with Crippen molar-refractivity contribution < 1.29 is 8.42 Å². The molecule has 6 heteroatoms. The van der Waals surface area contributed by atoms with Crippen LogP contribution in [0.4, 0.5) is 11.4 Å². The number of hydrogen-bond donors (Lipinski definition) is 2. The van der Waals surface area contributed by atoms with Crippen LogP contribution < -0.4 is 15.4 Å². The summed E-state index contributed by atoms with van der Waals surface area (Å²) in [4.78, 5) is 2.45. The van der Waals surface area contributed by atoms with Crippen molar-refractivity contribution in [3.05, 3.63) is 18.2 Å². The second-order valence-corrected chi connectivity index (χ2v) is 7.67. The lowest BCUT2D eigenvalue weighted by molar-refractivity contribution is 0.301. The Morgan fingerprint density at radius 2 is 2.00 bits per heavy atom. The highest BCUT2D eigenvalue weighted by atomic mass is 32.2. The molecule has 0 unspecified atom stereocenters. The van der Waals surface area contributed by atoms with Gasteiger partial charge in [0.2, 0.25) is 10.0 Å². The van der Waals surface area contributed by atoms with Crippen LogP contribution in [0.5, 0.6) is 0 Å². The van der Waals surface area contributed by atoms with Gasteiger partial charge in [-0.15, -0.1) is 0 Å². The fourth-order valence-electron chi connectivity index (χ4n) is 3.09. The Labute approximate surface area is 127 Å². The van der Waals surface area contributed by atoms with Gasteiger partial charge in [-0.05, 0) is 49.9 Å². The largest absolute Gasteiger partial charge is 0.399 e. The van der Waals surface area contributed by atoms with Gasteiger partial charge >= 0.3 is 0 Å². The van der Waals surface area contributed by atoms with Crippen molar-refractivity contribution in [2.75, 3.05) is 30.8 Å². The van der Waals surface area contributed by atoms with Gasteiger partial charge in [0, 0.05) is 18.8 Å². The number of anilines is 2. The lowest BCUT2D eigenvalue weighted by Crippen LogP contribution is -2.28. The topological polar surface area (TPSA) is 75.4 Å². The Morgan fingerprint density at radius 1 is 1.33 bits per heavy atom. The molecule has 0 saturated carbocycles. The zero-order chi connectivity index (χ0) is 15.7. The van der Waals surface area contributed by atoms with E-state index in [1.54, 1.807) is 12.1 Å². The summed E-state index contributed by atoms with van der Waals surface area (Å²) >= 11 is 0. The average molecular weight is 311 g/mol. The summed E-state index contributed by atoms with van der Waals surface area (Å²) in [5.74, 6) is 0. The Balaban J connectivity index is 2.42. The van der Waals surface area contributed by atoms with Gasteiger partial charge in [-0.1, -0.05) is 13.8 Å². The molecule has 0 spiro atoms. The standard InChI is InChI=1S/C15H25N3O2S/c1-4-15(5-2)8-9-18(11-15)13-7-6-12(16)10-14(13)21(19,20)17-3/h6-7,10,17H,4-5,8-9,11,16H2,1-3H3. The molecule has 5 nitrogen and oxygen atoms in total. The maximum Gasteiger partial charge on any atom is 0.242 e. The maximum atomic E-state index is 12.2. The maximum absolute atomic E-state index is 12.2. The molecule has 0 radical (unpaired) electrons. The highest BCUT2D eigenvalue weighted by molar-refractivity contribution is 7.89. The van der Waals surface area contributed by atoms with Gasteiger partial charge in [-0.25, -0.2) is 13.1 Å². The number of rotatable bonds is 5. The SMILES string of the molecule is CCC1(CC)CCN(c2ccc(N)cc2S(=O)(=O)NC)C1. The van der Waals surface area contributed by atoms with E-state index in [2.05, 4.69) is 23.5 Å². The van der Waals surface area contributed by atoms with Crippen molar-refractivity contribution >= 4 is 21.4 Å². The van der Waals surface area contributed by atoms with Crippen molar-refractivity contribution in [3.8, 4) is 0 Å². The van der Waals surface area contributed by atoms with Gasteiger partial charge in [-0.2, -0.15) is 0 Å². The zero-order valence-corrected chi connectivity index (χ0v) is 13.8. The number of nitrogens with two attached hydrogens (primary N) is 1. The molecule has 3 N–H and O–H groups in total. The Hall–Kier alpha value is -1.27. The molecule has 1 aliphatic heterocycles. The Kier molecular flexibility index (Phi) is 4.49. The smallest absolute Gasteiger partial charge is 0.242 e. The molecule has 1 saturated heterocycles. The molecule has 0 aliphatic carbocycles. The summed E-state index contributed by atoms with van der Waals surface area (Å²) in [7, 11) is -2.09. The van der Waals surface area contributed by atoms with E-state index in [0.717, 1.165) is 38.0 Å². The lowest BCUT2D eigenvalue weighted by atomic mass is 9.82. The van der Waals surface area contributed by atoms with Gasteiger partial charge in [0.25, 0.3) is 0 Å². The van der Waals surface area contributed by atoms with Crippen molar-refractivity contribution in [2.24, 2.45) is 5.41 Å². The molecule has 0 aromatic heterocycles. The summed E-state index contributed by atoms with van der Waals surface area (Å²) in [6.07, 6.45) is 3.33. The minimum atomic E-state index is -3.51. The van der Waals surface area contributed by atoms with E-state index in [1.165, 1.54) is 7.05 Å². The summed E-state index contributed by atoms with van der Waals surface area (Å²) < 4.78 is 26.9. The number of nitrogens with one attached hydrogen (secondary N) is 1. The molecule has 0 amide bonds. The van der Waals surface area contributed by atoms with Crippen LogP contribution in [0.2, 0.25) is 0 Å². The van der Waals surface area contributed by atoms with E-state index < -0.39 is 10.0 Å². The van der Waals surface area contributed by atoms with Gasteiger partial charge in [-0.3, -0.25) is 0 Å². The highest BCUT2D eigenvalue weighted by Gasteiger charge is 2.36. The van der Waals surface area contributed by atoms with Gasteiger partial charge in [0.1, 0.15) is 4.90 Å². The van der Waals surface area contributed by atoms with Crippen LogP contribution in [-0.2, 0) is 10.0 Å². The van der Waals surface area contributed by atoms with Crippen molar-refractivity contribution in [3.63, 3.8) is 0 Å². The first-order chi connectivity index (χ1) is 9.87. The Morgan fingerprint density at radius 3 is 2.52 bits per heavy atom. The molecular formula is C15H25N3O2S. The minimum absolute atomic E-state index is 0.271. The van der Waals surface area contributed by atoms with E-state index >= 15 is 0 Å². The number of nitrogens with zero attached hydrogens (tertiary/aromatic N) is 1. The molecule has 1 aromatic rings. The third kappa shape index (κ3) is 3.01. The molecule has 21 heavy (non-hydrogen) atoms. The van der Waals surface area contributed by atoms with Crippen molar-refractivity contribution in [1.29, 1.82) is 0 Å². The van der Waals surface area contributed by atoms with Crippen LogP contribution in [0, 0.1) is 5.41 Å². The third-order valence-electron chi connectivity index (χ3n) is 4.82. The molecular weight excluding hydrogens is 286 g/mol. The second-order valence-electron chi connectivity index (χ2n) is 5.81. The van der Waals surface area contributed by atoms with Crippen LogP contribution in [0.3, 0.4) is 0 Å². The fraction of sp³-hybridized carbons (Fsp3) is 0.600. The van der Waals surface area contributed by atoms with Crippen LogP contribution in [0.15, 0.2) is 23.1 Å². The minimum Gasteiger partial charge on any atom is -0.399 e. The molecule has 0 bridgehead atoms. The highest BCUT2D eigenvalue weighted by Crippen LogP contribution is 2.40. The molecule has 1 fully saturated rings.